The molecule has 1 rings (SSSR count). The number of aryl methyl sites for hydroxylation is 1. The van der Waals surface area contributed by atoms with Crippen LogP contribution in [-0.2, 0) is 7.05 Å². The number of nitrogens with zero attached hydrogens (tertiary/aromatic N) is 3. The summed E-state index contributed by atoms with van der Waals surface area (Å²) in [5.41, 5.74) is -0.0778. The van der Waals surface area contributed by atoms with Gasteiger partial charge in [0.2, 0.25) is 5.95 Å². The summed E-state index contributed by atoms with van der Waals surface area (Å²) in [6.45, 7) is 6.67. The van der Waals surface area contributed by atoms with Crippen molar-refractivity contribution in [3.05, 3.63) is 10.5 Å². The van der Waals surface area contributed by atoms with Crippen molar-refractivity contribution < 1.29 is 0 Å². The van der Waals surface area contributed by atoms with Gasteiger partial charge in [0.05, 0.1) is 0 Å². The second-order valence-electron chi connectivity index (χ2n) is 3.22. The molecule has 5 nitrogen and oxygen atoms in total. The minimum atomic E-state index is -0.0778. The molecule has 1 aromatic rings. The predicted octanol–water partition coefficient (Wildman–Crippen LogP) is 0.594. The van der Waals surface area contributed by atoms with Crippen molar-refractivity contribution in [3.8, 4) is 0 Å². The van der Waals surface area contributed by atoms with Crippen LogP contribution < -0.4 is 11.0 Å². The number of anilines is 1. The first-order valence-corrected chi connectivity index (χ1v) is 4.47. The predicted molar refractivity (Wildman–Crippen MR) is 52.0 cm³/mol. The van der Waals surface area contributed by atoms with Crippen molar-refractivity contribution in [1.82, 2.24) is 14.3 Å². The van der Waals surface area contributed by atoms with E-state index in [1.807, 2.05) is 20.8 Å². The highest BCUT2D eigenvalue weighted by Crippen LogP contribution is 2.07. The second kappa shape index (κ2) is 3.64. The van der Waals surface area contributed by atoms with Crippen molar-refractivity contribution >= 4 is 5.95 Å². The van der Waals surface area contributed by atoms with Gasteiger partial charge in [0.25, 0.3) is 0 Å². The van der Waals surface area contributed by atoms with Crippen molar-refractivity contribution in [2.45, 2.75) is 26.8 Å². The van der Waals surface area contributed by atoms with Gasteiger partial charge in [-0.05, 0) is 20.8 Å². The lowest BCUT2D eigenvalue weighted by molar-refractivity contribution is 0.570. The lowest BCUT2D eigenvalue weighted by Gasteiger charge is -2.08. The molecule has 0 radical (unpaired) electrons. The molecule has 1 N–H and O–H groups in total. The molecule has 0 spiro atoms. The monoisotopic (exact) mass is 184 g/mol. The van der Waals surface area contributed by atoms with Crippen LogP contribution in [0.4, 0.5) is 5.95 Å². The standard InChI is InChI=1S/C8H16N4O/c1-5-9-7-10-11(4)8(13)12(7)6(2)3/h6H,5H2,1-4H3,(H,9,10). The Kier molecular flexibility index (Phi) is 2.75. The van der Waals surface area contributed by atoms with Crippen LogP contribution in [0.25, 0.3) is 0 Å². The quantitative estimate of drug-likeness (QED) is 0.748. The molecule has 0 aliphatic carbocycles. The Morgan fingerprint density at radius 2 is 2.15 bits per heavy atom. The van der Waals surface area contributed by atoms with E-state index in [1.165, 1.54) is 4.68 Å². The largest absolute Gasteiger partial charge is 0.355 e. The maximum absolute atomic E-state index is 11.5. The van der Waals surface area contributed by atoms with E-state index in [9.17, 15) is 4.79 Å². The third-order valence-electron chi connectivity index (χ3n) is 1.81. The van der Waals surface area contributed by atoms with Gasteiger partial charge < -0.3 is 5.32 Å². The minimum absolute atomic E-state index is 0.0778. The number of rotatable bonds is 3. The Morgan fingerprint density at radius 1 is 1.54 bits per heavy atom. The van der Waals surface area contributed by atoms with Gasteiger partial charge in [-0.3, -0.25) is 4.57 Å². The molecule has 74 valence electrons. The summed E-state index contributed by atoms with van der Waals surface area (Å²) in [7, 11) is 1.65. The molecule has 0 atom stereocenters. The Morgan fingerprint density at radius 3 is 2.62 bits per heavy atom. The number of hydrogen-bond acceptors (Lipinski definition) is 3. The SMILES string of the molecule is CCNc1nn(C)c(=O)n1C(C)C. The molecule has 0 saturated heterocycles. The molecule has 5 heteroatoms. The first-order chi connectivity index (χ1) is 6.07. The number of hydrogen-bond donors (Lipinski definition) is 1. The van der Waals surface area contributed by atoms with Crippen molar-refractivity contribution in [2.75, 3.05) is 11.9 Å². The van der Waals surface area contributed by atoms with Gasteiger partial charge in [-0.25, -0.2) is 9.48 Å². The molecule has 13 heavy (non-hydrogen) atoms. The summed E-state index contributed by atoms with van der Waals surface area (Å²) in [5, 5.41) is 7.13. The van der Waals surface area contributed by atoms with E-state index < -0.39 is 0 Å². The lowest BCUT2D eigenvalue weighted by atomic mass is 10.4. The highest BCUT2D eigenvalue weighted by molar-refractivity contribution is 5.23. The summed E-state index contributed by atoms with van der Waals surface area (Å²) < 4.78 is 2.99. The molecular weight excluding hydrogens is 168 g/mol. The van der Waals surface area contributed by atoms with Crippen LogP contribution in [0.1, 0.15) is 26.8 Å². The van der Waals surface area contributed by atoms with E-state index in [1.54, 1.807) is 11.6 Å². The van der Waals surface area contributed by atoms with Crippen LogP contribution in [0.3, 0.4) is 0 Å². The average molecular weight is 184 g/mol. The highest BCUT2D eigenvalue weighted by Gasteiger charge is 2.12. The Hall–Kier alpha value is -1.26. The van der Waals surface area contributed by atoms with E-state index in [4.69, 9.17) is 0 Å². The average Bonchev–Trinajstić information content (AvgIpc) is 2.28. The molecule has 0 aliphatic rings. The van der Waals surface area contributed by atoms with E-state index >= 15 is 0 Å². The fourth-order valence-corrected chi connectivity index (χ4v) is 1.22. The van der Waals surface area contributed by atoms with E-state index in [0.29, 0.717) is 5.95 Å². The van der Waals surface area contributed by atoms with Gasteiger partial charge in [-0.15, -0.1) is 5.10 Å². The van der Waals surface area contributed by atoms with Crippen LogP contribution in [-0.4, -0.2) is 20.9 Å². The van der Waals surface area contributed by atoms with Crippen LogP contribution in [0, 0.1) is 0 Å². The zero-order chi connectivity index (χ0) is 10.0. The fraction of sp³-hybridized carbons (Fsp3) is 0.750. The third-order valence-corrected chi connectivity index (χ3v) is 1.81. The second-order valence-corrected chi connectivity index (χ2v) is 3.22. The van der Waals surface area contributed by atoms with Crippen LogP contribution >= 0.6 is 0 Å². The van der Waals surface area contributed by atoms with E-state index in [0.717, 1.165) is 6.54 Å². The van der Waals surface area contributed by atoms with E-state index in [2.05, 4.69) is 10.4 Å². The fourth-order valence-electron chi connectivity index (χ4n) is 1.22. The third kappa shape index (κ3) is 1.74. The summed E-state index contributed by atoms with van der Waals surface area (Å²) >= 11 is 0. The molecule has 0 unspecified atom stereocenters. The molecule has 0 amide bonds. The maximum atomic E-state index is 11.5. The highest BCUT2D eigenvalue weighted by atomic mass is 16.2. The molecule has 0 bridgehead atoms. The molecule has 1 heterocycles. The molecular formula is C8H16N4O. The first-order valence-electron chi connectivity index (χ1n) is 4.47. The zero-order valence-electron chi connectivity index (χ0n) is 8.53. The van der Waals surface area contributed by atoms with Crippen molar-refractivity contribution in [1.29, 1.82) is 0 Å². The van der Waals surface area contributed by atoms with Gasteiger partial charge in [0.15, 0.2) is 0 Å². The topological polar surface area (TPSA) is 51.9 Å². The Balaban J connectivity index is 3.19. The molecule has 0 fully saturated rings. The number of aromatic nitrogens is 3. The molecule has 0 saturated carbocycles. The molecule has 1 aromatic heterocycles. The van der Waals surface area contributed by atoms with Gasteiger partial charge >= 0.3 is 5.69 Å². The normalized spacial score (nSPS) is 10.8. The summed E-state index contributed by atoms with van der Waals surface area (Å²) in [5.74, 6) is 0.644. The van der Waals surface area contributed by atoms with Crippen LogP contribution in [0.5, 0.6) is 0 Å². The Bertz CT molecular complexity index is 336. The summed E-state index contributed by atoms with van der Waals surface area (Å²) in [4.78, 5) is 11.5. The minimum Gasteiger partial charge on any atom is -0.355 e. The maximum Gasteiger partial charge on any atom is 0.347 e. The van der Waals surface area contributed by atoms with Crippen LogP contribution in [0.15, 0.2) is 4.79 Å². The van der Waals surface area contributed by atoms with Crippen molar-refractivity contribution in [2.24, 2.45) is 7.05 Å². The smallest absolute Gasteiger partial charge is 0.347 e. The van der Waals surface area contributed by atoms with Gasteiger partial charge in [0.1, 0.15) is 0 Å². The van der Waals surface area contributed by atoms with Gasteiger partial charge in [-0.2, -0.15) is 0 Å². The Labute approximate surface area is 77.4 Å². The summed E-state index contributed by atoms with van der Waals surface area (Å²) in [6.07, 6.45) is 0. The molecule has 0 aliphatic heterocycles. The lowest BCUT2D eigenvalue weighted by Crippen LogP contribution is -2.24. The number of nitrogens with one attached hydrogen (secondary N) is 1. The van der Waals surface area contributed by atoms with Gasteiger partial charge in [0, 0.05) is 19.6 Å². The zero-order valence-corrected chi connectivity index (χ0v) is 8.53. The van der Waals surface area contributed by atoms with Crippen LogP contribution in [0.2, 0.25) is 0 Å². The summed E-state index contributed by atoms with van der Waals surface area (Å²) in [6, 6.07) is 0.134. The molecule has 0 aromatic carbocycles. The van der Waals surface area contributed by atoms with Crippen molar-refractivity contribution in [3.63, 3.8) is 0 Å². The van der Waals surface area contributed by atoms with Gasteiger partial charge in [-0.1, -0.05) is 0 Å². The first kappa shape index (κ1) is 9.83. The van der Waals surface area contributed by atoms with E-state index in [-0.39, 0.29) is 11.7 Å².